The van der Waals surface area contributed by atoms with Gasteiger partial charge in [0.15, 0.2) is 0 Å². The summed E-state index contributed by atoms with van der Waals surface area (Å²) in [7, 11) is 0. The number of halogens is 4. The second kappa shape index (κ2) is 7.20. The third-order valence-electron chi connectivity index (χ3n) is 4.37. The Labute approximate surface area is 134 Å². The molecule has 0 amide bonds. The van der Waals surface area contributed by atoms with E-state index in [0.717, 1.165) is 44.2 Å². The number of nitrogens with zero attached hydrogens (tertiary/aromatic N) is 1. The van der Waals surface area contributed by atoms with E-state index in [2.05, 4.69) is 24.1 Å². The molecule has 1 saturated heterocycles. The molecule has 1 aromatic rings. The van der Waals surface area contributed by atoms with Crippen molar-refractivity contribution in [3.05, 3.63) is 34.3 Å². The zero-order valence-electron chi connectivity index (χ0n) is 12.9. The summed E-state index contributed by atoms with van der Waals surface area (Å²) < 4.78 is 38.6. The number of rotatable bonds is 4. The first-order valence-corrected chi connectivity index (χ1v) is 8.03. The van der Waals surface area contributed by atoms with Crippen LogP contribution in [0.25, 0.3) is 0 Å². The molecular weight excluding hydrogens is 313 g/mol. The number of alkyl halides is 3. The second-order valence-corrected chi connectivity index (χ2v) is 6.26. The minimum absolute atomic E-state index is 0.104. The van der Waals surface area contributed by atoms with Crippen LogP contribution in [-0.2, 0) is 6.18 Å². The second-order valence-electron chi connectivity index (χ2n) is 5.85. The van der Waals surface area contributed by atoms with Crippen LogP contribution in [0.15, 0.2) is 18.2 Å². The van der Waals surface area contributed by atoms with Gasteiger partial charge in [0.1, 0.15) is 0 Å². The van der Waals surface area contributed by atoms with Gasteiger partial charge in [0, 0.05) is 32.2 Å². The number of nitrogens with one attached hydrogen (secondary N) is 1. The van der Waals surface area contributed by atoms with Gasteiger partial charge in [-0.2, -0.15) is 13.2 Å². The van der Waals surface area contributed by atoms with E-state index in [1.807, 2.05) is 0 Å². The van der Waals surface area contributed by atoms with E-state index in [-0.39, 0.29) is 11.1 Å². The van der Waals surface area contributed by atoms with Crippen LogP contribution in [0.3, 0.4) is 0 Å². The van der Waals surface area contributed by atoms with Crippen LogP contribution in [0.4, 0.5) is 13.2 Å². The van der Waals surface area contributed by atoms with Crippen molar-refractivity contribution in [2.45, 2.75) is 32.5 Å². The first kappa shape index (κ1) is 17.6. The molecule has 0 saturated carbocycles. The largest absolute Gasteiger partial charge is 0.417 e. The van der Waals surface area contributed by atoms with Gasteiger partial charge in [-0.3, -0.25) is 4.90 Å². The minimum Gasteiger partial charge on any atom is -0.314 e. The third-order valence-corrected chi connectivity index (χ3v) is 4.68. The van der Waals surface area contributed by atoms with Crippen molar-refractivity contribution in [3.8, 4) is 0 Å². The van der Waals surface area contributed by atoms with Gasteiger partial charge in [-0.15, -0.1) is 0 Å². The first-order chi connectivity index (χ1) is 10.3. The molecule has 124 valence electrons. The Morgan fingerprint density at radius 3 is 2.41 bits per heavy atom. The summed E-state index contributed by atoms with van der Waals surface area (Å²) in [6, 6.07) is 4.28. The predicted octanol–water partition coefficient (Wildman–Crippen LogP) is 4.35. The van der Waals surface area contributed by atoms with Crippen molar-refractivity contribution in [2.24, 2.45) is 5.92 Å². The fourth-order valence-corrected chi connectivity index (χ4v) is 3.32. The lowest BCUT2D eigenvalue weighted by atomic mass is 9.90. The van der Waals surface area contributed by atoms with Gasteiger partial charge in [-0.25, -0.2) is 0 Å². The summed E-state index contributed by atoms with van der Waals surface area (Å²) in [5, 5.41) is 3.09. The van der Waals surface area contributed by atoms with Crippen LogP contribution in [0.5, 0.6) is 0 Å². The summed E-state index contributed by atoms with van der Waals surface area (Å²) in [5.41, 5.74) is 0.107. The molecule has 1 heterocycles. The molecule has 1 unspecified atom stereocenters. The fourth-order valence-electron chi connectivity index (χ4n) is 3.03. The maximum Gasteiger partial charge on any atom is 0.417 e. The molecule has 0 radical (unpaired) electrons. The van der Waals surface area contributed by atoms with E-state index >= 15 is 0 Å². The fraction of sp³-hybridized carbons (Fsp3) is 0.625. The Hall–Kier alpha value is -0.780. The number of benzene rings is 1. The predicted molar refractivity (Wildman–Crippen MR) is 83.1 cm³/mol. The van der Waals surface area contributed by atoms with E-state index in [0.29, 0.717) is 5.92 Å². The maximum atomic E-state index is 12.9. The topological polar surface area (TPSA) is 15.3 Å². The van der Waals surface area contributed by atoms with Crippen molar-refractivity contribution in [2.75, 3.05) is 26.2 Å². The summed E-state index contributed by atoms with van der Waals surface area (Å²) in [4.78, 5) is 2.34. The van der Waals surface area contributed by atoms with E-state index in [9.17, 15) is 13.2 Å². The monoisotopic (exact) mass is 334 g/mol. The molecule has 0 aliphatic carbocycles. The molecular formula is C16H22ClF3N2. The maximum absolute atomic E-state index is 12.9. The molecule has 0 aromatic heterocycles. The molecule has 0 bridgehead atoms. The Morgan fingerprint density at radius 1 is 1.27 bits per heavy atom. The third kappa shape index (κ3) is 3.94. The SMILES string of the molecule is CCC(C)[C@@H](c1ccc(C(F)(F)F)c(Cl)c1)N1CCNCC1. The molecule has 2 rings (SSSR count). The number of hydrogen-bond donors (Lipinski definition) is 1. The molecule has 6 heteroatoms. The zero-order chi connectivity index (χ0) is 16.3. The van der Waals surface area contributed by atoms with Crippen molar-refractivity contribution in [1.82, 2.24) is 10.2 Å². The lowest BCUT2D eigenvalue weighted by Gasteiger charge is -2.38. The van der Waals surface area contributed by atoms with Crippen molar-refractivity contribution in [1.29, 1.82) is 0 Å². The van der Waals surface area contributed by atoms with Gasteiger partial charge in [-0.1, -0.05) is 37.9 Å². The first-order valence-electron chi connectivity index (χ1n) is 7.66. The lowest BCUT2D eigenvalue weighted by Crippen LogP contribution is -2.46. The van der Waals surface area contributed by atoms with Gasteiger partial charge in [0.05, 0.1) is 10.6 Å². The van der Waals surface area contributed by atoms with E-state index < -0.39 is 11.7 Å². The molecule has 1 aromatic carbocycles. The average molecular weight is 335 g/mol. The van der Waals surface area contributed by atoms with Gasteiger partial charge < -0.3 is 5.32 Å². The van der Waals surface area contributed by atoms with E-state index in [1.54, 1.807) is 6.07 Å². The van der Waals surface area contributed by atoms with Gasteiger partial charge in [-0.05, 0) is 23.6 Å². The molecule has 0 spiro atoms. The highest BCUT2D eigenvalue weighted by Gasteiger charge is 2.34. The van der Waals surface area contributed by atoms with E-state index in [4.69, 9.17) is 11.6 Å². The molecule has 22 heavy (non-hydrogen) atoms. The lowest BCUT2D eigenvalue weighted by molar-refractivity contribution is -0.137. The Kier molecular flexibility index (Phi) is 5.75. The van der Waals surface area contributed by atoms with Crippen molar-refractivity contribution in [3.63, 3.8) is 0 Å². The highest BCUT2D eigenvalue weighted by Crippen LogP contribution is 2.38. The number of piperazine rings is 1. The molecule has 1 aliphatic heterocycles. The Morgan fingerprint density at radius 2 is 1.91 bits per heavy atom. The summed E-state index contributed by atoms with van der Waals surface area (Å²) >= 11 is 5.89. The molecule has 2 atom stereocenters. The summed E-state index contributed by atoms with van der Waals surface area (Å²) in [6.07, 6.45) is -3.44. The molecule has 1 fully saturated rings. The van der Waals surface area contributed by atoms with Crippen LogP contribution in [0, 0.1) is 5.92 Å². The van der Waals surface area contributed by atoms with Crippen LogP contribution in [0.1, 0.15) is 37.4 Å². The van der Waals surface area contributed by atoms with Crippen molar-refractivity contribution >= 4 is 11.6 Å². The summed E-state index contributed by atoms with van der Waals surface area (Å²) in [5.74, 6) is 0.353. The highest BCUT2D eigenvalue weighted by molar-refractivity contribution is 6.31. The Bertz CT molecular complexity index is 499. The van der Waals surface area contributed by atoms with Gasteiger partial charge in [0.2, 0.25) is 0 Å². The van der Waals surface area contributed by atoms with Gasteiger partial charge >= 0.3 is 6.18 Å². The molecule has 1 aliphatic rings. The zero-order valence-corrected chi connectivity index (χ0v) is 13.6. The number of hydrogen-bond acceptors (Lipinski definition) is 2. The van der Waals surface area contributed by atoms with Crippen LogP contribution in [0.2, 0.25) is 5.02 Å². The molecule has 2 nitrogen and oxygen atoms in total. The smallest absolute Gasteiger partial charge is 0.314 e. The highest BCUT2D eigenvalue weighted by atomic mass is 35.5. The quantitative estimate of drug-likeness (QED) is 0.880. The van der Waals surface area contributed by atoms with E-state index in [1.165, 1.54) is 6.07 Å². The van der Waals surface area contributed by atoms with Crippen LogP contribution in [-0.4, -0.2) is 31.1 Å². The normalized spacial score (nSPS) is 19.9. The van der Waals surface area contributed by atoms with Gasteiger partial charge in [0.25, 0.3) is 0 Å². The molecule has 1 N–H and O–H groups in total. The Balaban J connectivity index is 2.33. The van der Waals surface area contributed by atoms with Crippen LogP contribution >= 0.6 is 11.6 Å². The van der Waals surface area contributed by atoms with Crippen LogP contribution < -0.4 is 5.32 Å². The average Bonchev–Trinajstić information content (AvgIpc) is 2.47. The minimum atomic E-state index is -4.41. The summed E-state index contributed by atoms with van der Waals surface area (Å²) in [6.45, 7) is 7.84. The van der Waals surface area contributed by atoms with Crippen molar-refractivity contribution < 1.29 is 13.2 Å². The standard InChI is InChI=1S/C16H22ClF3N2/c1-3-11(2)15(22-8-6-21-7-9-22)12-4-5-13(14(17)10-12)16(18,19)20/h4-5,10-11,15,21H,3,6-9H2,1-2H3/t11?,15-/m0/s1.